The number of benzene rings is 1. The van der Waals surface area contributed by atoms with Gasteiger partial charge in [0, 0.05) is 18.3 Å². The van der Waals surface area contributed by atoms with E-state index in [1.807, 2.05) is 30.3 Å². The van der Waals surface area contributed by atoms with Crippen molar-refractivity contribution in [3.8, 4) is 0 Å². The summed E-state index contributed by atoms with van der Waals surface area (Å²) in [4.78, 5) is 8.68. The summed E-state index contributed by atoms with van der Waals surface area (Å²) in [6, 6.07) is 14.0. The van der Waals surface area contributed by atoms with E-state index < -0.39 is 0 Å². The first-order chi connectivity index (χ1) is 7.93. The van der Waals surface area contributed by atoms with Crippen LogP contribution in [0.15, 0.2) is 53.7 Å². The SMILES string of the molecule is c1ccc(N=C2NCc3ccccc32)nc1. The van der Waals surface area contributed by atoms with Crippen LogP contribution in [0.3, 0.4) is 0 Å². The minimum absolute atomic E-state index is 0.738. The van der Waals surface area contributed by atoms with Gasteiger partial charge in [0.25, 0.3) is 0 Å². The maximum absolute atomic E-state index is 4.49. The highest BCUT2D eigenvalue weighted by Crippen LogP contribution is 2.17. The Balaban J connectivity index is 2.02. The van der Waals surface area contributed by atoms with E-state index in [0.717, 1.165) is 18.2 Å². The molecule has 3 rings (SSSR count). The van der Waals surface area contributed by atoms with E-state index in [0.29, 0.717) is 0 Å². The first-order valence-corrected chi connectivity index (χ1v) is 5.25. The summed E-state index contributed by atoms with van der Waals surface area (Å²) < 4.78 is 0. The van der Waals surface area contributed by atoms with Gasteiger partial charge in [0.2, 0.25) is 0 Å². The number of aliphatic imine (C=N–C) groups is 1. The van der Waals surface area contributed by atoms with E-state index in [4.69, 9.17) is 0 Å². The van der Waals surface area contributed by atoms with Gasteiger partial charge in [0.05, 0.1) is 0 Å². The van der Waals surface area contributed by atoms with Crippen LogP contribution in [-0.4, -0.2) is 10.8 Å². The topological polar surface area (TPSA) is 37.3 Å². The summed E-state index contributed by atoms with van der Waals surface area (Å²) in [7, 11) is 0. The lowest BCUT2D eigenvalue weighted by Gasteiger charge is -1.99. The quantitative estimate of drug-likeness (QED) is 0.782. The van der Waals surface area contributed by atoms with Crippen molar-refractivity contribution in [3.63, 3.8) is 0 Å². The van der Waals surface area contributed by atoms with Crippen molar-refractivity contribution < 1.29 is 0 Å². The van der Waals surface area contributed by atoms with Crippen LogP contribution in [0.4, 0.5) is 5.82 Å². The molecule has 0 radical (unpaired) electrons. The fraction of sp³-hybridized carbons (Fsp3) is 0.0769. The summed E-state index contributed by atoms with van der Waals surface area (Å²) in [5, 5.41) is 3.28. The zero-order chi connectivity index (χ0) is 10.8. The molecule has 2 aromatic rings. The third-order valence-corrected chi connectivity index (χ3v) is 2.59. The van der Waals surface area contributed by atoms with Crippen molar-refractivity contribution >= 4 is 11.7 Å². The van der Waals surface area contributed by atoms with E-state index >= 15 is 0 Å². The number of amidine groups is 1. The van der Waals surface area contributed by atoms with Gasteiger partial charge >= 0.3 is 0 Å². The van der Waals surface area contributed by atoms with Crippen molar-refractivity contribution in [2.45, 2.75) is 6.54 Å². The van der Waals surface area contributed by atoms with E-state index in [-0.39, 0.29) is 0 Å². The molecule has 1 aliphatic rings. The van der Waals surface area contributed by atoms with Gasteiger partial charge in [-0.1, -0.05) is 30.3 Å². The average molecular weight is 209 g/mol. The Labute approximate surface area is 93.9 Å². The molecule has 0 amide bonds. The van der Waals surface area contributed by atoms with Crippen molar-refractivity contribution in [2.75, 3.05) is 0 Å². The predicted molar refractivity (Wildman–Crippen MR) is 63.7 cm³/mol. The second-order valence-electron chi connectivity index (χ2n) is 3.66. The number of nitrogens with zero attached hydrogens (tertiary/aromatic N) is 2. The van der Waals surface area contributed by atoms with Crippen molar-refractivity contribution in [2.24, 2.45) is 4.99 Å². The monoisotopic (exact) mass is 209 g/mol. The highest BCUT2D eigenvalue weighted by atomic mass is 15.0. The van der Waals surface area contributed by atoms with Crippen LogP contribution < -0.4 is 5.32 Å². The van der Waals surface area contributed by atoms with Crippen molar-refractivity contribution in [1.29, 1.82) is 0 Å². The Morgan fingerprint density at radius 1 is 1.06 bits per heavy atom. The minimum Gasteiger partial charge on any atom is -0.365 e. The smallest absolute Gasteiger partial charge is 0.154 e. The molecule has 16 heavy (non-hydrogen) atoms. The largest absolute Gasteiger partial charge is 0.365 e. The van der Waals surface area contributed by atoms with E-state index in [2.05, 4.69) is 27.4 Å². The Hall–Kier alpha value is -2.16. The Morgan fingerprint density at radius 2 is 1.94 bits per heavy atom. The second-order valence-corrected chi connectivity index (χ2v) is 3.66. The second kappa shape index (κ2) is 3.77. The van der Waals surface area contributed by atoms with Gasteiger partial charge in [-0.25, -0.2) is 9.98 Å². The van der Waals surface area contributed by atoms with Gasteiger partial charge in [-0.15, -0.1) is 0 Å². The summed E-state index contributed by atoms with van der Waals surface area (Å²) in [5.74, 6) is 1.65. The van der Waals surface area contributed by atoms with E-state index in [1.165, 1.54) is 11.1 Å². The molecule has 0 spiro atoms. The molecule has 0 unspecified atom stereocenters. The number of hydrogen-bond acceptors (Lipinski definition) is 2. The minimum atomic E-state index is 0.738. The van der Waals surface area contributed by atoms with Crippen LogP contribution >= 0.6 is 0 Å². The maximum atomic E-state index is 4.49. The fourth-order valence-electron chi connectivity index (χ4n) is 1.81. The molecule has 2 heterocycles. The lowest BCUT2D eigenvalue weighted by molar-refractivity contribution is 0.961. The molecule has 0 atom stereocenters. The van der Waals surface area contributed by atoms with Crippen LogP contribution in [0.2, 0.25) is 0 Å². The number of nitrogens with one attached hydrogen (secondary N) is 1. The summed E-state index contributed by atoms with van der Waals surface area (Å²) in [6.07, 6.45) is 1.75. The molecule has 1 N–H and O–H groups in total. The van der Waals surface area contributed by atoms with Gasteiger partial charge in [-0.3, -0.25) is 0 Å². The Kier molecular flexibility index (Phi) is 2.14. The highest BCUT2D eigenvalue weighted by molar-refractivity contribution is 6.03. The van der Waals surface area contributed by atoms with Gasteiger partial charge in [0.1, 0.15) is 5.84 Å². The first kappa shape index (κ1) is 9.09. The maximum Gasteiger partial charge on any atom is 0.154 e. The van der Waals surface area contributed by atoms with Crippen molar-refractivity contribution in [3.05, 3.63) is 59.8 Å². The van der Waals surface area contributed by atoms with E-state index in [9.17, 15) is 0 Å². The predicted octanol–water partition coefficient (Wildman–Crippen LogP) is 2.26. The van der Waals surface area contributed by atoms with Gasteiger partial charge in [-0.2, -0.15) is 0 Å². The average Bonchev–Trinajstić information content (AvgIpc) is 2.74. The standard InChI is InChI=1S/C13H11N3/c1-2-6-11-10(5-1)9-15-13(11)16-12-7-3-4-8-14-12/h1-8H,9H2,(H,14,15,16). The molecule has 0 saturated heterocycles. The van der Waals surface area contributed by atoms with Crippen LogP contribution in [0.25, 0.3) is 0 Å². The Bertz CT molecular complexity index is 532. The number of hydrogen-bond donors (Lipinski definition) is 1. The van der Waals surface area contributed by atoms with Crippen molar-refractivity contribution in [1.82, 2.24) is 10.3 Å². The molecule has 1 aromatic heterocycles. The molecule has 0 fully saturated rings. The van der Waals surface area contributed by atoms with E-state index in [1.54, 1.807) is 6.20 Å². The normalized spacial score (nSPS) is 15.9. The molecule has 0 aliphatic carbocycles. The first-order valence-electron chi connectivity index (χ1n) is 5.25. The molecule has 0 bridgehead atoms. The molecule has 1 aliphatic heterocycles. The third-order valence-electron chi connectivity index (χ3n) is 2.59. The van der Waals surface area contributed by atoms with Gasteiger partial charge in [0.15, 0.2) is 5.82 Å². The number of aromatic nitrogens is 1. The number of fused-ring (bicyclic) bond motifs is 1. The molecule has 78 valence electrons. The van der Waals surface area contributed by atoms with Crippen LogP contribution in [0, 0.1) is 0 Å². The molecule has 3 nitrogen and oxygen atoms in total. The zero-order valence-corrected chi connectivity index (χ0v) is 8.72. The lowest BCUT2D eigenvalue weighted by atomic mass is 10.1. The summed E-state index contributed by atoms with van der Waals surface area (Å²) >= 11 is 0. The van der Waals surface area contributed by atoms with Crippen LogP contribution in [0.5, 0.6) is 0 Å². The molecule has 0 saturated carbocycles. The Morgan fingerprint density at radius 3 is 2.81 bits per heavy atom. The summed E-state index contributed by atoms with van der Waals surface area (Å²) in [5.41, 5.74) is 2.46. The summed E-state index contributed by atoms with van der Waals surface area (Å²) in [6.45, 7) is 0.849. The van der Waals surface area contributed by atoms with Gasteiger partial charge in [-0.05, 0) is 17.7 Å². The molecular formula is C13H11N3. The molecule has 1 aromatic carbocycles. The highest BCUT2D eigenvalue weighted by Gasteiger charge is 2.15. The number of pyridine rings is 1. The van der Waals surface area contributed by atoms with Crippen LogP contribution in [0.1, 0.15) is 11.1 Å². The van der Waals surface area contributed by atoms with Crippen LogP contribution in [-0.2, 0) is 6.54 Å². The zero-order valence-electron chi connectivity index (χ0n) is 8.72. The number of rotatable bonds is 1. The van der Waals surface area contributed by atoms with Gasteiger partial charge < -0.3 is 5.32 Å². The third kappa shape index (κ3) is 1.56. The lowest BCUT2D eigenvalue weighted by Crippen LogP contribution is -2.14. The molecular weight excluding hydrogens is 198 g/mol. The fourth-order valence-corrected chi connectivity index (χ4v) is 1.81. The molecule has 3 heteroatoms.